The van der Waals surface area contributed by atoms with E-state index in [-0.39, 0.29) is 11.7 Å². The second-order valence-electron chi connectivity index (χ2n) is 4.70. The molecule has 0 bridgehead atoms. The van der Waals surface area contributed by atoms with Crippen molar-refractivity contribution in [2.45, 2.75) is 20.4 Å². The standard InChI is InChI=1S/C15H16FN3O/c1-9-5-11(6-10(2)14(9)16)7-19-15(20)13-4-3-12(17)8-18-13/h3-6,8H,7,17H2,1-2H3,(H,19,20). The number of pyridine rings is 1. The molecule has 2 aromatic rings. The van der Waals surface area contributed by atoms with Crippen LogP contribution in [0.5, 0.6) is 0 Å². The molecule has 1 heterocycles. The average Bonchev–Trinajstić information content (AvgIpc) is 2.42. The molecule has 3 N–H and O–H groups in total. The molecule has 104 valence electrons. The Hall–Kier alpha value is -2.43. The third-order valence-electron chi connectivity index (χ3n) is 2.97. The lowest BCUT2D eigenvalue weighted by Gasteiger charge is -2.08. The van der Waals surface area contributed by atoms with Crippen molar-refractivity contribution < 1.29 is 9.18 Å². The van der Waals surface area contributed by atoms with Crippen molar-refractivity contribution in [1.82, 2.24) is 10.3 Å². The minimum absolute atomic E-state index is 0.208. The summed E-state index contributed by atoms with van der Waals surface area (Å²) in [6.07, 6.45) is 1.43. The van der Waals surface area contributed by atoms with E-state index in [1.807, 2.05) is 0 Å². The van der Waals surface area contributed by atoms with Crippen molar-refractivity contribution in [2.75, 3.05) is 5.73 Å². The molecule has 5 heteroatoms. The van der Waals surface area contributed by atoms with Crippen LogP contribution in [0.4, 0.5) is 10.1 Å². The number of hydrogen-bond acceptors (Lipinski definition) is 3. The molecule has 2 rings (SSSR count). The Morgan fingerprint density at radius 3 is 2.50 bits per heavy atom. The molecule has 0 fully saturated rings. The molecule has 1 aromatic carbocycles. The molecule has 20 heavy (non-hydrogen) atoms. The van der Waals surface area contributed by atoms with E-state index in [1.165, 1.54) is 6.20 Å². The smallest absolute Gasteiger partial charge is 0.270 e. The summed E-state index contributed by atoms with van der Waals surface area (Å²) >= 11 is 0. The number of hydrogen-bond donors (Lipinski definition) is 2. The minimum atomic E-state index is -0.287. The Labute approximate surface area is 116 Å². The molecule has 1 amide bonds. The molecule has 0 saturated heterocycles. The third kappa shape index (κ3) is 3.12. The van der Waals surface area contributed by atoms with Crippen LogP contribution >= 0.6 is 0 Å². The maximum Gasteiger partial charge on any atom is 0.270 e. The lowest BCUT2D eigenvalue weighted by Crippen LogP contribution is -2.24. The number of carbonyl (C=O) groups excluding carboxylic acids is 1. The second-order valence-corrected chi connectivity index (χ2v) is 4.70. The Morgan fingerprint density at radius 2 is 1.95 bits per heavy atom. The fraction of sp³-hybridized carbons (Fsp3) is 0.200. The quantitative estimate of drug-likeness (QED) is 0.902. The Bertz CT molecular complexity index is 615. The highest BCUT2D eigenvalue weighted by Crippen LogP contribution is 2.14. The summed E-state index contributed by atoms with van der Waals surface area (Å²) < 4.78 is 13.5. The van der Waals surface area contributed by atoms with E-state index in [4.69, 9.17) is 5.73 Å². The molecule has 0 atom stereocenters. The SMILES string of the molecule is Cc1cc(CNC(=O)c2ccc(N)cn2)cc(C)c1F. The van der Waals surface area contributed by atoms with Crippen molar-refractivity contribution in [3.63, 3.8) is 0 Å². The van der Waals surface area contributed by atoms with E-state index < -0.39 is 0 Å². The monoisotopic (exact) mass is 273 g/mol. The third-order valence-corrected chi connectivity index (χ3v) is 2.97. The summed E-state index contributed by atoms with van der Waals surface area (Å²) in [5.41, 5.74) is 8.31. The molecule has 0 unspecified atom stereocenters. The number of nitrogens with two attached hydrogens (primary N) is 1. The van der Waals surface area contributed by atoms with Crippen LogP contribution in [0.15, 0.2) is 30.5 Å². The van der Waals surface area contributed by atoms with Crippen LogP contribution < -0.4 is 11.1 Å². The number of aryl methyl sites for hydroxylation is 2. The van der Waals surface area contributed by atoms with Crippen LogP contribution in [0.1, 0.15) is 27.2 Å². The van der Waals surface area contributed by atoms with Crippen LogP contribution in [0, 0.1) is 19.7 Å². The summed E-state index contributed by atoms with van der Waals surface area (Å²) in [5, 5.41) is 2.74. The second kappa shape index (κ2) is 5.69. The van der Waals surface area contributed by atoms with Gasteiger partial charge in [-0.2, -0.15) is 0 Å². The molecule has 0 spiro atoms. The van der Waals surface area contributed by atoms with E-state index in [9.17, 15) is 9.18 Å². The number of anilines is 1. The molecule has 0 radical (unpaired) electrons. The highest BCUT2D eigenvalue weighted by Gasteiger charge is 2.08. The lowest BCUT2D eigenvalue weighted by molar-refractivity contribution is 0.0946. The topological polar surface area (TPSA) is 68.0 Å². The van der Waals surface area contributed by atoms with Gasteiger partial charge in [-0.05, 0) is 42.7 Å². The van der Waals surface area contributed by atoms with Gasteiger partial charge in [0, 0.05) is 6.54 Å². The number of benzene rings is 1. The number of nitrogens with one attached hydrogen (secondary N) is 1. The molecule has 0 aliphatic rings. The molecule has 4 nitrogen and oxygen atoms in total. The Kier molecular flexibility index (Phi) is 3.98. The number of amides is 1. The fourth-order valence-corrected chi connectivity index (χ4v) is 1.95. The Morgan fingerprint density at radius 1 is 1.30 bits per heavy atom. The van der Waals surface area contributed by atoms with Gasteiger partial charge in [0.15, 0.2) is 0 Å². The fourth-order valence-electron chi connectivity index (χ4n) is 1.95. The highest BCUT2D eigenvalue weighted by atomic mass is 19.1. The summed E-state index contributed by atoms with van der Waals surface area (Å²) in [5.74, 6) is -0.495. The molecule has 0 aliphatic carbocycles. The maximum absolute atomic E-state index is 13.5. The zero-order chi connectivity index (χ0) is 14.7. The van der Waals surface area contributed by atoms with Gasteiger partial charge in [0.05, 0.1) is 11.9 Å². The van der Waals surface area contributed by atoms with Crippen molar-refractivity contribution in [3.8, 4) is 0 Å². The van der Waals surface area contributed by atoms with Crippen LogP contribution in [0.2, 0.25) is 0 Å². The van der Waals surface area contributed by atoms with E-state index in [2.05, 4.69) is 10.3 Å². The number of halogens is 1. The van der Waals surface area contributed by atoms with E-state index >= 15 is 0 Å². The molecular formula is C15H16FN3O. The van der Waals surface area contributed by atoms with Gasteiger partial charge >= 0.3 is 0 Å². The molecular weight excluding hydrogens is 257 g/mol. The predicted octanol–water partition coefficient (Wildman–Crippen LogP) is 2.35. The summed E-state index contributed by atoms with van der Waals surface area (Å²) in [7, 11) is 0. The number of nitrogens with zero attached hydrogens (tertiary/aromatic N) is 1. The average molecular weight is 273 g/mol. The molecule has 0 saturated carbocycles. The summed E-state index contributed by atoms with van der Waals surface area (Å²) in [6, 6.07) is 6.62. The maximum atomic E-state index is 13.5. The van der Waals surface area contributed by atoms with Gasteiger partial charge in [-0.1, -0.05) is 12.1 Å². The number of carbonyl (C=O) groups is 1. The zero-order valence-electron chi connectivity index (χ0n) is 11.4. The number of nitrogen functional groups attached to an aromatic ring is 1. The van der Waals surface area contributed by atoms with E-state index in [0.717, 1.165) is 5.56 Å². The van der Waals surface area contributed by atoms with Crippen molar-refractivity contribution in [3.05, 3.63) is 58.7 Å². The van der Waals surface area contributed by atoms with Crippen LogP contribution in [0.25, 0.3) is 0 Å². The normalized spacial score (nSPS) is 10.3. The van der Waals surface area contributed by atoms with Gasteiger partial charge < -0.3 is 11.1 Å². The molecule has 0 aliphatic heterocycles. The first-order valence-electron chi connectivity index (χ1n) is 6.22. The Balaban J connectivity index is 2.05. The largest absolute Gasteiger partial charge is 0.397 e. The number of rotatable bonds is 3. The van der Waals surface area contributed by atoms with E-state index in [1.54, 1.807) is 38.1 Å². The van der Waals surface area contributed by atoms with Gasteiger partial charge in [-0.15, -0.1) is 0 Å². The zero-order valence-corrected chi connectivity index (χ0v) is 11.4. The predicted molar refractivity (Wildman–Crippen MR) is 75.7 cm³/mol. The van der Waals surface area contributed by atoms with Crippen LogP contribution in [-0.2, 0) is 6.54 Å². The van der Waals surface area contributed by atoms with Crippen molar-refractivity contribution in [1.29, 1.82) is 0 Å². The highest BCUT2D eigenvalue weighted by molar-refractivity contribution is 5.92. The van der Waals surface area contributed by atoms with Gasteiger partial charge in [0.1, 0.15) is 11.5 Å². The summed E-state index contributed by atoms with van der Waals surface area (Å²) in [6.45, 7) is 3.73. The first-order valence-corrected chi connectivity index (χ1v) is 6.22. The minimum Gasteiger partial charge on any atom is -0.397 e. The van der Waals surface area contributed by atoms with Gasteiger partial charge in [0.25, 0.3) is 5.91 Å². The van der Waals surface area contributed by atoms with Gasteiger partial charge in [-0.3, -0.25) is 4.79 Å². The number of aromatic nitrogens is 1. The lowest BCUT2D eigenvalue weighted by atomic mass is 10.1. The van der Waals surface area contributed by atoms with Crippen LogP contribution in [0.3, 0.4) is 0 Å². The first kappa shape index (κ1) is 14.0. The first-order chi connectivity index (χ1) is 9.47. The van der Waals surface area contributed by atoms with Gasteiger partial charge in [0.2, 0.25) is 0 Å². The van der Waals surface area contributed by atoms with Crippen molar-refractivity contribution in [2.24, 2.45) is 0 Å². The van der Waals surface area contributed by atoms with Crippen molar-refractivity contribution >= 4 is 11.6 Å². The molecule has 1 aromatic heterocycles. The van der Waals surface area contributed by atoms with Crippen LogP contribution in [-0.4, -0.2) is 10.9 Å². The summed E-state index contributed by atoms with van der Waals surface area (Å²) in [4.78, 5) is 15.8. The van der Waals surface area contributed by atoms with E-state index in [0.29, 0.717) is 29.1 Å². The van der Waals surface area contributed by atoms with Gasteiger partial charge in [-0.25, -0.2) is 9.37 Å².